The van der Waals surface area contributed by atoms with Crippen molar-refractivity contribution < 1.29 is 39.1 Å². The lowest BCUT2D eigenvalue weighted by atomic mass is 10.1. The number of ketones is 1. The topological polar surface area (TPSA) is 140 Å². The van der Waals surface area contributed by atoms with E-state index in [0.717, 1.165) is 10.1 Å². The van der Waals surface area contributed by atoms with Crippen molar-refractivity contribution in [3.63, 3.8) is 0 Å². The van der Waals surface area contributed by atoms with Gasteiger partial charge in [0, 0.05) is 27.1 Å². The maximum Gasteiger partial charge on any atom is 0.193 e. The Morgan fingerprint density at radius 2 is 1.36 bits per heavy atom. The summed E-state index contributed by atoms with van der Waals surface area (Å²) in [5.41, 5.74) is 0. The molecule has 0 spiro atoms. The minimum Gasteiger partial charge on any atom is -0.411 e. The molecule has 0 aromatic heterocycles. The first-order valence-electron chi connectivity index (χ1n) is 12.4. The molecule has 0 saturated carbocycles. The van der Waals surface area contributed by atoms with Gasteiger partial charge in [0.2, 0.25) is 0 Å². The normalized spacial score (nSPS) is 15.8. The predicted octanol–water partition coefficient (Wildman–Crippen LogP) is 3.30. The van der Waals surface area contributed by atoms with Crippen LogP contribution in [0.3, 0.4) is 0 Å². The monoisotopic (exact) mass is 554 g/mol. The minimum absolute atomic E-state index is 0.0282. The van der Waals surface area contributed by atoms with Gasteiger partial charge in [0.15, 0.2) is 22.4 Å². The number of rotatable bonds is 14. The van der Waals surface area contributed by atoms with E-state index in [9.17, 15) is 14.7 Å². The van der Waals surface area contributed by atoms with Gasteiger partial charge in [-0.05, 0) is 42.7 Å². The van der Waals surface area contributed by atoms with Crippen LogP contribution in [0.2, 0.25) is 36.3 Å². The number of aliphatic hydroxyl groups excluding tert-OH is 2. The Bertz CT molecular complexity index is 647. The van der Waals surface area contributed by atoms with Crippen molar-refractivity contribution in [2.45, 2.75) is 109 Å². The highest BCUT2D eigenvalue weighted by atomic mass is 28.4. The highest BCUT2D eigenvalue weighted by molar-refractivity contribution is 6.74. The molecule has 0 aromatic rings. The lowest BCUT2D eigenvalue weighted by Crippen LogP contribution is -2.49. The summed E-state index contributed by atoms with van der Waals surface area (Å²) in [6, 6.07) is 0. The Morgan fingerprint density at radius 1 is 0.917 bits per heavy atom. The molecule has 0 amide bonds. The Balaban J connectivity index is 0. The summed E-state index contributed by atoms with van der Waals surface area (Å²) in [6.45, 7) is 20.8. The van der Waals surface area contributed by atoms with Crippen LogP contribution in [0.4, 0.5) is 0 Å². The average molecular weight is 555 g/mol. The molecular weight excluding hydrogens is 500 g/mol. The maximum absolute atomic E-state index is 11.9. The molecule has 0 saturated heterocycles. The molecule has 10 nitrogen and oxygen atoms in total. The van der Waals surface area contributed by atoms with Crippen LogP contribution < -0.4 is 0 Å². The number of Topliss-reactive ketones (excluding diaryl/α,β-unsaturated/α-hetero) is 1. The fourth-order valence-corrected chi connectivity index (χ4v) is 5.27. The van der Waals surface area contributed by atoms with Crippen LogP contribution in [0.25, 0.3) is 0 Å². The number of aldehydes is 1. The van der Waals surface area contributed by atoms with E-state index in [1.54, 1.807) is 0 Å². The van der Waals surface area contributed by atoms with Gasteiger partial charge < -0.3 is 34.3 Å². The smallest absolute Gasteiger partial charge is 0.193 e. The number of aliphatic hydroxyl groups is 2. The number of nitrogens with zero attached hydrogens (tertiary/aromatic N) is 2. The number of hydrogen-bond acceptors (Lipinski definition) is 10. The van der Waals surface area contributed by atoms with E-state index in [1.165, 1.54) is 14.1 Å². The molecule has 0 fully saturated rings. The van der Waals surface area contributed by atoms with Crippen LogP contribution in [-0.2, 0) is 18.4 Å². The SMILES string of the molecule is CN(O)CC(=O)[C@H](CC=O)O[Si](C)(C)C(C)(C)C.CN(O)CC(O)[C@H](CCO)O[Si](C)(C)C(C)(C)C. The van der Waals surface area contributed by atoms with Crippen molar-refractivity contribution >= 4 is 28.7 Å². The van der Waals surface area contributed by atoms with Gasteiger partial charge in [-0.2, -0.15) is 10.1 Å². The summed E-state index contributed by atoms with van der Waals surface area (Å²) in [5.74, 6) is -0.267. The van der Waals surface area contributed by atoms with Gasteiger partial charge in [0.05, 0.1) is 25.3 Å². The molecule has 0 radical (unpaired) electrons. The number of hydroxylamine groups is 4. The van der Waals surface area contributed by atoms with Crippen LogP contribution in [0.15, 0.2) is 0 Å². The summed E-state index contributed by atoms with van der Waals surface area (Å²) >= 11 is 0. The first-order valence-corrected chi connectivity index (χ1v) is 18.2. The summed E-state index contributed by atoms with van der Waals surface area (Å²) in [6.07, 6.45) is -0.891. The van der Waals surface area contributed by atoms with Gasteiger partial charge in [0.25, 0.3) is 0 Å². The molecule has 0 heterocycles. The van der Waals surface area contributed by atoms with Crippen LogP contribution in [0.1, 0.15) is 54.4 Å². The van der Waals surface area contributed by atoms with Gasteiger partial charge in [-0.25, -0.2) is 0 Å². The van der Waals surface area contributed by atoms with Crippen molar-refractivity contribution in [3.05, 3.63) is 0 Å². The number of hydrogen-bond donors (Lipinski definition) is 4. The van der Waals surface area contributed by atoms with E-state index in [2.05, 4.69) is 54.6 Å². The van der Waals surface area contributed by atoms with E-state index >= 15 is 0 Å². The summed E-state index contributed by atoms with van der Waals surface area (Å²) in [4.78, 5) is 22.5. The predicted molar refractivity (Wildman–Crippen MR) is 146 cm³/mol. The zero-order chi connectivity index (χ0) is 29.1. The third kappa shape index (κ3) is 14.4. The van der Waals surface area contributed by atoms with E-state index < -0.39 is 34.9 Å². The van der Waals surface area contributed by atoms with Gasteiger partial charge in [-0.3, -0.25) is 4.79 Å². The molecule has 3 atom stereocenters. The average Bonchev–Trinajstić information content (AvgIpc) is 2.64. The van der Waals surface area contributed by atoms with Gasteiger partial charge in [0.1, 0.15) is 12.4 Å². The van der Waals surface area contributed by atoms with Crippen molar-refractivity contribution in [1.29, 1.82) is 0 Å². The Kier molecular flexibility index (Phi) is 16.5. The lowest BCUT2D eigenvalue weighted by Gasteiger charge is -2.40. The third-order valence-electron chi connectivity index (χ3n) is 6.84. The number of carbonyl (C=O) groups is 2. The zero-order valence-corrected chi connectivity index (χ0v) is 26.7. The molecule has 0 rings (SSSR count). The highest BCUT2D eigenvalue weighted by Gasteiger charge is 2.41. The Hall–Kier alpha value is -0.546. The van der Waals surface area contributed by atoms with Gasteiger partial charge in [-0.15, -0.1) is 0 Å². The molecule has 0 aliphatic carbocycles. The molecule has 1 unspecified atom stereocenters. The fourth-order valence-electron chi connectivity index (χ4n) is 2.59. The van der Waals surface area contributed by atoms with Crippen molar-refractivity contribution in [2.24, 2.45) is 0 Å². The molecule has 0 aliphatic heterocycles. The standard InChI is InChI=1S/C12H29NO4Si.C12H25NO4Si/c2*1-12(2,3)18(5,6)17-11(7-8-14)10(15)9-13(4)16/h10-11,14-16H,7-9H2,1-6H3;8,11,16H,7,9H2,1-6H3/t10?,11-;11-/m00/s1. The molecule has 216 valence electrons. The van der Waals surface area contributed by atoms with E-state index in [4.69, 9.17) is 24.4 Å². The number of likely N-dealkylation sites (N-methyl/N-ethyl adjacent to an activating group) is 2. The number of carbonyl (C=O) groups excluding carboxylic acids is 2. The molecule has 12 heteroatoms. The minimum atomic E-state index is -2.10. The fraction of sp³-hybridized carbons (Fsp3) is 0.917. The van der Waals surface area contributed by atoms with Crippen LogP contribution in [0.5, 0.6) is 0 Å². The van der Waals surface area contributed by atoms with Gasteiger partial charge in [-0.1, -0.05) is 41.5 Å². The first kappa shape index (κ1) is 37.6. The van der Waals surface area contributed by atoms with E-state index in [1.807, 2.05) is 13.1 Å². The van der Waals surface area contributed by atoms with Crippen LogP contribution in [0, 0.1) is 0 Å². The Morgan fingerprint density at radius 3 is 1.69 bits per heavy atom. The Labute approximate surface area is 220 Å². The van der Waals surface area contributed by atoms with Crippen molar-refractivity contribution in [1.82, 2.24) is 10.1 Å². The quantitative estimate of drug-likeness (QED) is 0.144. The first-order chi connectivity index (χ1) is 16.0. The second kappa shape index (κ2) is 15.8. The molecule has 0 aliphatic rings. The molecular formula is C24H54N2O8Si2. The zero-order valence-electron chi connectivity index (χ0n) is 24.7. The summed E-state index contributed by atoms with van der Waals surface area (Å²) < 4.78 is 12.0. The van der Waals surface area contributed by atoms with E-state index in [0.29, 0.717) is 12.7 Å². The highest BCUT2D eigenvalue weighted by Crippen LogP contribution is 2.38. The van der Waals surface area contributed by atoms with Crippen molar-refractivity contribution in [3.8, 4) is 0 Å². The van der Waals surface area contributed by atoms with Crippen LogP contribution >= 0.6 is 0 Å². The second-order valence-corrected chi connectivity index (χ2v) is 21.9. The second-order valence-electron chi connectivity index (χ2n) is 12.4. The van der Waals surface area contributed by atoms with Crippen LogP contribution in [-0.4, -0.2) is 112 Å². The molecule has 4 N–H and O–H groups in total. The summed E-state index contributed by atoms with van der Waals surface area (Å²) in [7, 11) is -1.22. The third-order valence-corrected chi connectivity index (χ3v) is 15.8. The lowest BCUT2D eigenvalue weighted by molar-refractivity contribution is -0.139. The van der Waals surface area contributed by atoms with Gasteiger partial charge >= 0.3 is 0 Å². The largest absolute Gasteiger partial charge is 0.411 e. The molecule has 0 bridgehead atoms. The molecule has 36 heavy (non-hydrogen) atoms. The maximum atomic E-state index is 11.9. The molecule has 0 aromatic carbocycles. The van der Waals surface area contributed by atoms with E-state index in [-0.39, 0.29) is 42.0 Å². The van der Waals surface area contributed by atoms with Crippen molar-refractivity contribution in [2.75, 3.05) is 33.8 Å². The summed E-state index contributed by atoms with van der Waals surface area (Å²) in [5, 5.41) is 39.1.